The minimum atomic E-state index is -4.54. The highest BCUT2D eigenvalue weighted by atomic mass is 19.4. The van der Waals surface area contributed by atoms with Crippen molar-refractivity contribution in [1.82, 2.24) is 9.55 Å². The zero-order chi connectivity index (χ0) is 19.5. The molecule has 1 aromatic carbocycles. The van der Waals surface area contributed by atoms with E-state index in [2.05, 4.69) is 0 Å². The maximum Gasteiger partial charge on any atom is 0.416 e. The third-order valence-electron chi connectivity index (χ3n) is 4.58. The largest absolute Gasteiger partial charge is 0.475 e. The molecule has 27 heavy (non-hydrogen) atoms. The van der Waals surface area contributed by atoms with Gasteiger partial charge >= 0.3 is 11.9 Å². The molecule has 4 rings (SSSR count). The van der Waals surface area contributed by atoms with Crippen molar-refractivity contribution in [3.05, 3.63) is 50.7 Å². The van der Waals surface area contributed by atoms with E-state index in [0.29, 0.717) is 0 Å². The van der Waals surface area contributed by atoms with Gasteiger partial charge in [-0.05, 0) is 17.7 Å². The number of hydrogen-bond donors (Lipinski definition) is 3. The lowest BCUT2D eigenvalue weighted by Gasteiger charge is -2.23. The predicted molar refractivity (Wildman–Crippen MR) is 83.2 cm³/mol. The van der Waals surface area contributed by atoms with Gasteiger partial charge in [0.05, 0.1) is 5.56 Å². The molecule has 3 heterocycles. The monoisotopic (exact) mass is 386 g/mol. The van der Waals surface area contributed by atoms with Crippen LogP contribution < -0.4 is 16.0 Å². The van der Waals surface area contributed by atoms with Gasteiger partial charge in [0.2, 0.25) is 5.88 Å². The van der Waals surface area contributed by atoms with E-state index in [9.17, 15) is 33.0 Å². The summed E-state index contributed by atoms with van der Waals surface area (Å²) in [5.41, 5.74) is -2.80. The van der Waals surface area contributed by atoms with Crippen molar-refractivity contribution in [3.8, 4) is 17.0 Å². The van der Waals surface area contributed by atoms with E-state index >= 15 is 0 Å². The van der Waals surface area contributed by atoms with Crippen LogP contribution in [0, 0.1) is 0 Å². The standard InChI is InChI=1S/C16H13F3N2O6/c17-16(18,19)7-3-1-6(2-4-7)9-12(24)20-15(25)21-13(9)26-5-8-10(22)11(23)14(21)27-8/h1-4,8,10-11,14,22-23H,5H2,(H,20,24,25)/t8-,10-,11-,14-/m1/s1. The van der Waals surface area contributed by atoms with Crippen LogP contribution in [0.5, 0.6) is 5.88 Å². The predicted octanol–water partition coefficient (Wildman–Crippen LogP) is 0.234. The molecular formula is C16H13F3N2O6. The van der Waals surface area contributed by atoms with Crippen LogP contribution in [-0.4, -0.2) is 44.7 Å². The number of aromatic nitrogens is 2. The van der Waals surface area contributed by atoms with Gasteiger partial charge < -0.3 is 19.7 Å². The summed E-state index contributed by atoms with van der Waals surface area (Å²) in [4.78, 5) is 26.6. The summed E-state index contributed by atoms with van der Waals surface area (Å²) in [6.45, 7) is -0.259. The molecular weight excluding hydrogens is 373 g/mol. The van der Waals surface area contributed by atoms with E-state index in [1.807, 2.05) is 4.98 Å². The number of nitrogens with one attached hydrogen (secondary N) is 1. The molecule has 2 aliphatic heterocycles. The Morgan fingerprint density at radius 2 is 1.78 bits per heavy atom. The zero-order valence-electron chi connectivity index (χ0n) is 13.4. The van der Waals surface area contributed by atoms with Crippen molar-refractivity contribution in [2.45, 2.75) is 30.7 Å². The van der Waals surface area contributed by atoms with E-state index < -0.39 is 47.5 Å². The summed E-state index contributed by atoms with van der Waals surface area (Å²) in [5.74, 6) is -0.248. The molecule has 8 nitrogen and oxygen atoms in total. The number of nitrogens with zero attached hydrogens (tertiary/aromatic N) is 1. The molecule has 0 aliphatic carbocycles. The zero-order valence-corrected chi connectivity index (χ0v) is 13.4. The Bertz CT molecular complexity index is 997. The normalized spacial score (nSPS) is 27.0. The Balaban J connectivity index is 1.89. The highest BCUT2D eigenvalue weighted by molar-refractivity contribution is 5.68. The molecule has 2 bridgehead atoms. The first-order chi connectivity index (χ1) is 12.7. The molecule has 144 valence electrons. The van der Waals surface area contributed by atoms with Crippen LogP contribution >= 0.6 is 0 Å². The lowest BCUT2D eigenvalue weighted by atomic mass is 10.0. The van der Waals surface area contributed by atoms with Crippen LogP contribution in [0.15, 0.2) is 33.9 Å². The van der Waals surface area contributed by atoms with Gasteiger partial charge in [0.25, 0.3) is 5.56 Å². The lowest BCUT2D eigenvalue weighted by molar-refractivity contribution is -0.137. The van der Waals surface area contributed by atoms with Gasteiger partial charge in [-0.25, -0.2) is 9.36 Å². The van der Waals surface area contributed by atoms with Gasteiger partial charge in [-0.2, -0.15) is 13.2 Å². The van der Waals surface area contributed by atoms with Crippen LogP contribution in [0.4, 0.5) is 13.2 Å². The van der Waals surface area contributed by atoms with E-state index in [1.165, 1.54) is 0 Å². The van der Waals surface area contributed by atoms with Crippen LogP contribution in [0.1, 0.15) is 11.8 Å². The molecule has 2 aromatic rings. The fourth-order valence-corrected chi connectivity index (χ4v) is 3.22. The molecule has 11 heteroatoms. The molecule has 0 amide bonds. The van der Waals surface area contributed by atoms with Gasteiger partial charge in [0.15, 0.2) is 6.23 Å². The molecule has 0 saturated carbocycles. The second kappa shape index (κ2) is 5.94. The molecule has 2 aliphatic rings. The van der Waals surface area contributed by atoms with Crippen LogP contribution in [0.3, 0.4) is 0 Å². The number of H-pyrrole nitrogens is 1. The smallest absolute Gasteiger partial charge is 0.416 e. The Hall–Kier alpha value is -2.63. The maximum absolute atomic E-state index is 12.8. The van der Waals surface area contributed by atoms with Gasteiger partial charge in [-0.15, -0.1) is 0 Å². The van der Waals surface area contributed by atoms with E-state index in [1.54, 1.807) is 0 Å². The number of aliphatic hydroxyl groups excluding tert-OH is 2. The number of halogens is 3. The quantitative estimate of drug-likeness (QED) is 0.647. The highest BCUT2D eigenvalue weighted by Crippen LogP contribution is 2.38. The molecule has 0 unspecified atom stereocenters. The minimum Gasteiger partial charge on any atom is -0.475 e. The van der Waals surface area contributed by atoms with E-state index in [-0.39, 0.29) is 23.6 Å². The number of aliphatic hydroxyl groups is 2. The van der Waals surface area contributed by atoms with Crippen LogP contribution in [0.2, 0.25) is 0 Å². The third kappa shape index (κ3) is 2.74. The Morgan fingerprint density at radius 1 is 1.11 bits per heavy atom. The maximum atomic E-state index is 12.8. The average Bonchev–Trinajstić information content (AvgIpc) is 2.78. The van der Waals surface area contributed by atoms with Gasteiger partial charge in [-0.1, -0.05) is 12.1 Å². The lowest BCUT2D eigenvalue weighted by Crippen LogP contribution is -2.41. The first-order valence-corrected chi connectivity index (χ1v) is 7.89. The van der Waals surface area contributed by atoms with Crippen LogP contribution in [0.25, 0.3) is 11.1 Å². The molecule has 4 atom stereocenters. The van der Waals surface area contributed by atoms with Crippen molar-refractivity contribution >= 4 is 0 Å². The summed E-state index contributed by atoms with van der Waals surface area (Å²) in [6.07, 6.45) is -9.52. The number of hydrogen-bond acceptors (Lipinski definition) is 6. The number of benzene rings is 1. The third-order valence-corrected chi connectivity index (χ3v) is 4.58. The van der Waals surface area contributed by atoms with E-state index in [0.717, 1.165) is 28.8 Å². The molecule has 0 radical (unpaired) electrons. The molecule has 0 spiro atoms. The number of alkyl halides is 3. The summed E-state index contributed by atoms with van der Waals surface area (Å²) in [5, 5.41) is 20.0. The van der Waals surface area contributed by atoms with Gasteiger partial charge in [0, 0.05) is 0 Å². The number of ether oxygens (including phenoxy) is 2. The fraction of sp³-hybridized carbons (Fsp3) is 0.375. The summed E-state index contributed by atoms with van der Waals surface area (Å²) >= 11 is 0. The second-order valence-corrected chi connectivity index (χ2v) is 6.24. The Kier molecular flexibility index (Phi) is 3.91. The molecule has 1 fully saturated rings. The van der Waals surface area contributed by atoms with Gasteiger partial charge in [-0.3, -0.25) is 9.78 Å². The van der Waals surface area contributed by atoms with E-state index in [4.69, 9.17) is 9.47 Å². The van der Waals surface area contributed by atoms with Crippen molar-refractivity contribution in [2.75, 3.05) is 6.61 Å². The summed E-state index contributed by atoms with van der Waals surface area (Å²) in [6, 6.07) is 3.76. The van der Waals surface area contributed by atoms with Crippen molar-refractivity contribution in [3.63, 3.8) is 0 Å². The fourth-order valence-electron chi connectivity index (χ4n) is 3.22. The topological polar surface area (TPSA) is 114 Å². The molecule has 3 N–H and O–H groups in total. The average molecular weight is 386 g/mol. The molecule has 1 aromatic heterocycles. The SMILES string of the molecule is O=c1[nH]c(=O)n2c(c1-c1ccc(C(F)(F)F)cc1)OC[C@H]1O[C@@H]2[C@H](O)[C@@H]1O. The number of rotatable bonds is 1. The number of fused-ring (bicyclic) bond motifs is 4. The van der Waals surface area contributed by atoms with Crippen molar-refractivity contribution < 1.29 is 32.9 Å². The van der Waals surface area contributed by atoms with Crippen LogP contribution in [-0.2, 0) is 10.9 Å². The Morgan fingerprint density at radius 3 is 2.41 bits per heavy atom. The summed E-state index contributed by atoms with van der Waals surface area (Å²) in [7, 11) is 0. The van der Waals surface area contributed by atoms with Gasteiger partial charge in [0.1, 0.15) is 30.5 Å². The summed E-state index contributed by atoms with van der Waals surface area (Å²) < 4.78 is 50.0. The minimum absolute atomic E-state index is 0.0841. The first kappa shape index (κ1) is 17.8. The van der Waals surface area contributed by atoms with Crippen molar-refractivity contribution in [2.24, 2.45) is 0 Å². The molecule has 1 saturated heterocycles. The Labute approximate surface area is 148 Å². The highest BCUT2D eigenvalue weighted by Gasteiger charge is 2.48. The number of aromatic amines is 1. The van der Waals surface area contributed by atoms with Crippen molar-refractivity contribution in [1.29, 1.82) is 0 Å². The second-order valence-electron chi connectivity index (χ2n) is 6.24. The first-order valence-electron chi connectivity index (χ1n) is 7.89.